The summed E-state index contributed by atoms with van der Waals surface area (Å²) in [6.07, 6.45) is 2.50. The molecule has 0 amide bonds. The van der Waals surface area contributed by atoms with Crippen molar-refractivity contribution in [1.29, 1.82) is 0 Å². The maximum absolute atomic E-state index is 5.43. The van der Waals surface area contributed by atoms with Gasteiger partial charge in [0, 0.05) is 48.6 Å². The minimum atomic E-state index is 0. The van der Waals surface area contributed by atoms with E-state index in [4.69, 9.17) is 4.74 Å². The molecule has 2 aromatic carbocycles. The number of benzene rings is 2. The van der Waals surface area contributed by atoms with Crippen molar-refractivity contribution >= 4 is 47.4 Å². The van der Waals surface area contributed by atoms with Crippen LogP contribution in [0, 0.1) is 0 Å². The number of guanidine groups is 1. The van der Waals surface area contributed by atoms with Crippen molar-refractivity contribution in [2.45, 2.75) is 29.0 Å². The van der Waals surface area contributed by atoms with Gasteiger partial charge < -0.3 is 20.3 Å². The molecule has 2 aromatic rings. The zero-order valence-corrected chi connectivity index (χ0v) is 20.6. The standard InChI is InChI=1S/C23H30N4OS.HI/c1-24-22(26-18-23(11-12-23)29-21-5-3-2-4-6-21)25-17-19-7-9-20(10-8-19)27-13-15-28-16-14-27;/h2-10H,11-18H2,1H3,(H2,24,25,26);1H. The maximum Gasteiger partial charge on any atom is 0.191 e. The van der Waals surface area contributed by atoms with Crippen LogP contribution in [0.3, 0.4) is 0 Å². The third kappa shape index (κ3) is 6.52. The van der Waals surface area contributed by atoms with Crippen LogP contribution in [-0.2, 0) is 11.3 Å². The third-order valence-corrected chi connectivity index (χ3v) is 6.95. The summed E-state index contributed by atoms with van der Waals surface area (Å²) in [5.41, 5.74) is 2.53. The van der Waals surface area contributed by atoms with Gasteiger partial charge in [-0.15, -0.1) is 35.7 Å². The number of aliphatic imine (C=N–C) groups is 1. The fourth-order valence-electron chi connectivity index (χ4n) is 3.49. The third-order valence-electron chi connectivity index (χ3n) is 5.46. The van der Waals surface area contributed by atoms with Gasteiger partial charge in [-0.25, -0.2) is 0 Å². The smallest absolute Gasteiger partial charge is 0.191 e. The zero-order chi connectivity index (χ0) is 19.9. The van der Waals surface area contributed by atoms with Crippen LogP contribution < -0.4 is 15.5 Å². The Balaban J connectivity index is 0.00000256. The number of morpholine rings is 1. The Kier molecular flexibility index (Phi) is 8.71. The van der Waals surface area contributed by atoms with Gasteiger partial charge >= 0.3 is 0 Å². The summed E-state index contributed by atoms with van der Waals surface area (Å²) in [4.78, 5) is 8.11. The predicted molar refractivity (Wildman–Crippen MR) is 137 cm³/mol. The Labute approximate surface area is 201 Å². The van der Waals surface area contributed by atoms with Gasteiger partial charge in [0.1, 0.15) is 0 Å². The molecule has 0 atom stereocenters. The van der Waals surface area contributed by atoms with Crippen LogP contribution in [0.1, 0.15) is 18.4 Å². The molecule has 2 N–H and O–H groups in total. The van der Waals surface area contributed by atoms with Crippen LogP contribution in [0.25, 0.3) is 0 Å². The molecule has 162 valence electrons. The van der Waals surface area contributed by atoms with Gasteiger partial charge in [-0.05, 0) is 42.7 Å². The molecule has 0 aromatic heterocycles. The Hall–Kier alpha value is -1.45. The minimum absolute atomic E-state index is 0. The van der Waals surface area contributed by atoms with Crippen molar-refractivity contribution in [3.8, 4) is 0 Å². The molecule has 5 nitrogen and oxygen atoms in total. The summed E-state index contributed by atoms with van der Waals surface area (Å²) in [5, 5.41) is 6.97. The summed E-state index contributed by atoms with van der Waals surface area (Å²) in [6, 6.07) is 19.5. The number of ether oxygens (including phenoxy) is 1. The van der Waals surface area contributed by atoms with Crippen molar-refractivity contribution in [1.82, 2.24) is 10.6 Å². The maximum atomic E-state index is 5.43. The first-order valence-electron chi connectivity index (χ1n) is 10.4. The molecule has 1 aliphatic carbocycles. The molecule has 2 fully saturated rings. The second-order valence-electron chi connectivity index (χ2n) is 7.64. The molecular formula is C23H31IN4OS. The molecule has 1 aliphatic heterocycles. The molecular weight excluding hydrogens is 507 g/mol. The monoisotopic (exact) mass is 538 g/mol. The van der Waals surface area contributed by atoms with Crippen LogP contribution in [-0.4, -0.2) is 50.6 Å². The summed E-state index contributed by atoms with van der Waals surface area (Å²) >= 11 is 1.98. The Bertz CT molecular complexity index is 806. The molecule has 4 rings (SSSR count). The molecule has 1 heterocycles. The second kappa shape index (κ2) is 11.2. The van der Waals surface area contributed by atoms with E-state index >= 15 is 0 Å². The topological polar surface area (TPSA) is 48.9 Å². The number of anilines is 1. The van der Waals surface area contributed by atoms with Crippen molar-refractivity contribution in [3.63, 3.8) is 0 Å². The molecule has 0 radical (unpaired) electrons. The Morgan fingerprint density at radius 2 is 1.73 bits per heavy atom. The number of halogens is 1. The minimum Gasteiger partial charge on any atom is -0.378 e. The number of rotatable bonds is 7. The highest BCUT2D eigenvalue weighted by molar-refractivity contribution is 14.0. The first-order valence-corrected chi connectivity index (χ1v) is 11.2. The molecule has 7 heteroatoms. The van der Waals surface area contributed by atoms with E-state index in [9.17, 15) is 0 Å². The van der Waals surface area contributed by atoms with Crippen LogP contribution in [0.5, 0.6) is 0 Å². The van der Waals surface area contributed by atoms with E-state index in [1.54, 1.807) is 0 Å². The van der Waals surface area contributed by atoms with Crippen molar-refractivity contribution < 1.29 is 4.74 Å². The Morgan fingerprint density at radius 1 is 1.03 bits per heavy atom. The number of hydrogen-bond donors (Lipinski definition) is 2. The van der Waals surface area contributed by atoms with E-state index in [1.165, 1.54) is 29.0 Å². The fraction of sp³-hybridized carbons (Fsp3) is 0.435. The summed E-state index contributed by atoms with van der Waals surface area (Å²) in [5.74, 6) is 0.863. The highest BCUT2D eigenvalue weighted by atomic mass is 127. The van der Waals surface area contributed by atoms with Crippen molar-refractivity contribution in [2.75, 3.05) is 44.8 Å². The lowest BCUT2D eigenvalue weighted by Gasteiger charge is -2.29. The van der Waals surface area contributed by atoms with E-state index < -0.39 is 0 Å². The SMILES string of the molecule is CN=C(NCc1ccc(N2CCOCC2)cc1)NCC1(Sc2ccccc2)CC1.I. The summed E-state index contributed by atoms with van der Waals surface area (Å²) < 4.78 is 5.74. The summed E-state index contributed by atoms with van der Waals surface area (Å²) in [6.45, 7) is 5.27. The van der Waals surface area contributed by atoms with Crippen molar-refractivity contribution in [3.05, 3.63) is 60.2 Å². The largest absolute Gasteiger partial charge is 0.378 e. The van der Waals surface area contributed by atoms with Crippen LogP contribution in [0.15, 0.2) is 64.5 Å². The molecule has 2 aliphatic rings. The van der Waals surface area contributed by atoms with E-state index in [0.717, 1.165) is 45.4 Å². The highest BCUT2D eigenvalue weighted by Crippen LogP contribution is 2.51. The number of hydrogen-bond acceptors (Lipinski definition) is 4. The molecule has 1 saturated carbocycles. The zero-order valence-electron chi connectivity index (χ0n) is 17.5. The lowest BCUT2D eigenvalue weighted by molar-refractivity contribution is 0.122. The van der Waals surface area contributed by atoms with Gasteiger partial charge in [-0.1, -0.05) is 30.3 Å². The van der Waals surface area contributed by atoms with Gasteiger partial charge in [0.25, 0.3) is 0 Å². The number of nitrogens with one attached hydrogen (secondary N) is 2. The second-order valence-corrected chi connectivity index (χ2v) is 9.18. The van der Waals surface area contributed by atoms with Gasteiger partial charge in [-0.3, -0.25) is 4.99 Å². The van der Waals surface area contributed by atoms with Crippen molar-refractivity contribution in [2.24, 2.45) is 4.99 Å². The van der Waals surface area contributed by atoms with Gasteiger partial charge in [0.05, 0.1) is 13.2 Å². The van der Waals surface area contributed by atoms with E-state index in [0.29, 0.717) is 4.75 Å². The lowest BCUT2D eigenvalue weighted by Crippen LogP contribution is -2.40. The number of thioether (sulfide) groups is 1. The van der Waals surface area contributed by atoms with Crippen LogP contribution >= 0.6 is 35.7 Å². The molecule has 0 bridgehead atoms. The van der Waals surface area contributed by atoms with E-state index in [-0.39, 0.29) is 24.0 Å². The molecule has 0 unspecified atom stereocenters. The van der Waals surface area contributed by atoms with Gasteiger partial charge in [0.2, 0.25) is 0 Å². The van der Waals surface area contributed by atoms with Gasteiger partial charge in [-0.2, -0.15) is 0 Å². The first-order chi connectivity index (χ1) is 14.3. The average molecular weight is 538 g/mol. The van der Waals surface area contributed by atoms with Crippen LogP contribution in [0.2, 0.25) is 0 Å². The normalized spacial score (nSPS) is 17.8. The number of nitrogens with zero attached hydrogens (tertiary/aromatic N) is 2. The predicted octanol–water partition coefficient (Wildman–Crippen LogP) is 4.13. The molecule has 1 saturated heterocycles. The van der Waals surface area contributed by atoms with Gasteiger partial charge in [0.15, 0.2) is 5.96 Å². The first kappa shape index (κ1) is 23.2. The fourth-order valence-corrected chi connectivity index (χ4v) is 4.73. The van der Waals surface area contributed by atoms with Crippen LogP contribution in [0.4, 0.5) is 5.69 Å². The molecule has 30 heavy (non-hydrogen) atoms. The average Bonchev–Trinajstić information content (AvgIpc) is 3.55. The Morgan fingerprint density at radius 3 is 2.37 bits per heavy atom. The highest BCUT2D eigenvalue weighted by Gasteiger charge is 2.43. The van der Waals surface area contributed by atoms with E-state index in [1.807, 2.05) is 18.8 Å². The lowest BCUT2D eigenvalue weighted by atomic mass is 10.2. The summed E-state index contributed by atoms with van der Waals surface area (Å²) in [7, 11) is 1.83. The van der Waals surface area contributed by atoms with E-state index in [2.05, 4.69) is 75.1 Å². The quantitative estimate of drug-likeness (QED) is 0.316. The molecule has 0 spiro atoms.